The van der Waals surface area contributed by atoms with Gasteiger partial charge in [-0.05, 0) is 11.0 Å². The Hall–Kier alpha value is -1.88. The zero-order valence-corrected chi connectivity index (χ0v) is 12.1. The summed E-state index contributed by atoms with van der Waals surface area (Å²) in [6, 6.07) is 8.17. The number of nitrogens with two attached hydrogens (primary N) is 1. The number of carbonyl (C=O) groups is 2. The molecule has 20 heavy (non-hydrogen) atoms. The topological polar surface area (TPSA) is 92.4 Å². The highest BCUT2D eigenvalue weighted by Crippen LogP contribution is 2.21. The predicted molar refractivity (Wildman–Crippen MR) is 77.3 cm³/mol. The Kier molecular flexibility index (Phi) is 5.27. The van der Waals surface area contributed by atoms with E-state index < -0.39 is 23.3 Å². The Morgan fingerprint density at radius 3 is 2.20 bits per heavy atom. The molecule has 0 radical (unpaired) electrons. The molecule has 1 aromatic rings. The molecular formula is C15H22N2O3. The molecule has 4 N–H and O–H groups in total. The van der Waals surface area contributed by atoms with Gasteiger partial charge >= 0.3 is 5.97 Å². The average molecular weight is 278 g/mol. The molecule has 2 atom stereocenters. The van der Waals surface area contributed by atoms with Crippen molar-refractivity contribution >= 4 is 11.9 Å². The highest BCUT2D eigenvalue weighted by atomic mass is 16.4. The van der Waals surface area contributed by atoms with Crippen molar-refractivity contribution in [2.45, 2.75) is 32.7 Å². The van der Waals surface area contributed by atoms with Crippen molar-refractivity contribution in [1.29, 1.82) is 0 Å². The molecule has 0 fully saturated rings. The Bertz CT molecular complexity index is 466. The number of amides is 1. The smallest absolute Gasteiger partial charge is 0.326 e. The van der Waals surface area contributed by atoms with Crippen LogP contribution in [0.2, 0.25) is 0 Å². The van der Waals surface area contributed by atoms with Crippen LogP contribution >= 0.6 is 0 Å². The minimum Gasteiger partial charge on any atom is -0.480 e. The zero-order chi connectivity index (χ0) is 15.3. The van der Waals surface area contributed by atoms with Crippen molar-refractivity contribution in [3.8, 4) is 0 Å². The summed E-state index contributed by atoms with van der Waals surface area (Å²) in [5.74, 6) is -1.95. The fourth-order valence-corrected chi connectivity index (χ4v) is 1.97. The van der Waals surface area contributed by atoms with E-state index in [0.29, 0.717) is 0 Å². The van der Waals surface area contributed by atoms with Gasteiger partial charge in [0.1, 0.15) is 6.04 Å². The number of hydrogen-bond donors (Lipinski definition) is 3. The molecule has 1 rings (SSSR count). The number of carboxylic acids is 1. The van der Waals surface area contributed by atoms with Crippen molar-refractivity contribution < 1.29 is 14.7 Å². The maximum absolute atomic E-state index is 12.3. The van der Waals surface area contributed by atoms with Crippen molar-refractivity contribution in [3.63, 3.8) is 0 Å². The van der Waals surface area contributed by atoms with Crippen LogP contribution in [0.3, 0.4) is 0 Å². The number of hydrogen-bond acceptors (Lipinski definition) is 3. The molecule has 0 spiro atoms. The van der Waals surface area contributed by atoms with Crippen molar-refractivity contribution in [2.75, 3.05) is 6.54 Å². The first-order chi connectivity index (χ1) is 9.27. The number of carbonyl (C=O) groups excluding carboxylic acids is 1. The van der Waals surface area contributed by atoms with Crippen molar-refractivity contribution in [1.82, 2.24) is 5.32 Å². The monoisotopic (exact) mass is 278 g/mol. The van der Waals surface area contributed by atoms with Gasteiger partial charge in [0, 0.05) is 6.54 Å². The first kappa shape index (κ1) is 16.2. The van der Waals surface area contributed by atoms with Crippen LogP contribution < -0.4 is 11.1 Å². The Morgan fingerprint density at radius 1 is 1.25 bits per heavy atom. The van der Waals surface area contributed by atoms with E-state index in [1.54, 1.807) is 20.8 Å². The third kappa shape index (κ3) is 4.06. The molecule has 0 aromatic heterocycles. The molecule has 110 valence electrons. The van der Waals surface area contributed by atoms with Gasteiger partial charge in [-0.25, -0.2) is 4.79 Å². The summed E-state index contributed by atoms with van der Waals surface area (Å²) in [7, 11) is 0. The summed E-state index contributed by atoms with van der Waals surface area (Å²) < 4.78 is 0. The van der Waals surface area contributed by atoms with Crippen LogP contribution in [0, 0.1) is 5.41 Å². The van der Waals surface area contributed by atoms with Gasteiger partial charge in [-0.15, -0.1) is 0 Å². The van der Waals surface area contributed by atoms with Gasteiger partial charge < -0.3 is 16.2 Å². The molecule has 0 bridgehead atoms. The second-order valence-corrected chi connectivity index (χ2v) is 5.84. The van der Waals surface area contributed by atoms with Crippen LogP contribution in [0.25, 0.3) is 0 Å². The summed E-state index contributed by atoms with van der Waals surface area (Å²) in [4.78, 5) is 23.6. The van der Waals surface area contributed by atoms with Crippen molar-refractivity contribution in [3.05, 3.63) is 35.9 Å². The van der Waals surface area contributed by atoms with E-state index in [0.717, 1.165) is 5.56 Å². The molecule has 2 unspecified atom stereocenters. The van der Waals surface area contributed by atoms with E-state index >= 15 is 0 Å². The summed E-state index contributed by atoms with van der Waals surface area (Å²) in [5.41, 5.74) is 5.87. The second kappa shape index (κ2) is 6.52. The van der Waals surface area contributed by atoms with E-state index in [1.807, 2.05) is 30.3 Å². The fraction of sp³-hybridized carbons (Fsp3) is 0.467. The molecule has 0 aliphatic heterocycles. The van der Waals surface area contributed by atoms with Gasteiger partial charge in [0.2, 0.25) is 5.91 Å². The zero-order valence-electron chi connectivity index (χ0n) is 12.1. The molecule has 5 nitrogen and oxygen atoms in total. The van der Waals surface area contributed by atoms with E-state index in [1.165, 1.54) is 0 Å². The normalized spacial score (nSPS) is 14.4. The summed E-state index contributed by atoms with van der Waals surface area (Å²) in [6.07, 6.45) is 0. The maximum atomic E-state index is 12.3. The van der Waals surface area contributed by atoms with Crippen LogP contribution in [0.15, 0.2) is 30.3 Å². The van der Waals surface area contributed by atoms with E-state index in [2.05, 4.69) is 5.32 Å². The summed E-state index contributed by atoms with van der Waals surface area (Å²) in [6.45, 7) is 5.44. The number of carboxylic acid groups (broad SMARTS) is 1. The molecule has 0 saturated heterocycles. The lowest BCUT2D eigenvalue weighted by molar-refractivity contribution is -0.145. The number of rotatable bonds is 5. The maximum Gasteiger partial charge on any atom is 0.326 e. The predicted octanol–water partition coefficient (Wildman–Crippen LogP) is 1.34. The largest absolute Gasteiger partial charge is 0.480 e. The minimum absolute atomic E-state index is 0.131. The van der Waals surface area contributed by atoms with Gasteiger partial charge in [-0.1, -0.05) is 51.1 Å². The lowest BCUT2D eigenvalue weighted by Crippen LogP contribution is -2.51. The second-order valence-electron chi connectivity index (χ2n) is 5.84. The molecule has 0 heterocycles. The SMILES string of the molecule is CC(C)(C)C(NC(=O)C(CN)c1ccccc1)C(=O)O. The first-order valence-electron chi connectivity index (χ1n) is 6.55. The Labute approximate surface area is 119 Å². The molecule has 0 aliphatic rings. The van der Waals surface area contributed by atoms with E-state index in [4.69, 9.17) is 5.73 Å². The van der Waals surface area contributed by atoms with Crippen LogP contribution in [-0.2, 0) is 9.59 Å². The highest BCUT2D eigenvalue weighted by Gasteiger charge is 2.34. The molecular weight excluding hydrogens is 256 g/mol. The molecule has 1 amide bonds. The third-order valence-corrected chi connectivity index (χ3v) is 3.15. The first-order valence-corrected chi connectivity index (χ1v) is 6.55. The van der Waals surface area contributed by atoms with Gasteiger partial charge in [0.05, 0.1) is 5.92 Å². The van der Waals surface area contributed by atoms with Crippen LogP contribution in [0.5, 0.6) is 0 Å². The van der Waals surface area contributed by atoms with Crippen molar-refractivity contribution in [2.24, 2.45) is 11.1 Å². The third-order valence-electron chi connectivity index (χ3n) is 3.15. The van der Waals surface area contributed by atoms with E-state index in [9.17, 15) is 14.7 Å². The van der Waals surface area contributed by atoms with Gasteiger partial charge in [-0.3, -0.25) is 4.79 Å². The van der Waals surface area contributed by atoms with E-state index in [-0.39, 0.29) is 12.5 Å². The fourth-order valence-electron chi connectivity index (χ4n) is 1.97. The van der Waals surface area contributed by atoms with Crippen LogP contribution in [0.4, 0.5) is 0 Å². The number of aliphatic carboxylic acids is 1. The molecule has 0 aliphatic carbocycles. The minimum atomic E-state index is -1.05. The molecule has 5 heteroatoms. The number of benzene rings is 1. The van der Waals surface area contributed by atoms with Gasteiger partial charge in [0.25, 0.3) is 0 Å². The van der Waals surface area contributed by atoms with Gasteiger partial charge in [0.15, 0.2) is 0 Å². The summed E-state index contributed by atoms with van der Waals surface area (Å²) >= 11 is 0. The van der Waals surface area contributed by atoms with Gasteiger partial charge in [-0.2, -0.15) is 0 Å². The Morgan fingerprint density at radius 2 is 1.80 bits per heavy atom. The lowest BCUT2D eigenvalue weighted by atomic mass is 9.86. The Balaban J connectivity index is 2.90. The molecule has 1 aromatic carbocycles. The van der Waals surface area contributed by atoms with Crippen LogP contribution in [-0.4, -0.2) is 29.6 Å². The average Bonchev–Trinajstić information content (AvgIpc) is 2.36. The highest BCUT2D eigenvalue weighted by molar-refractivity contribution is 5.88. The summed E-state index contributed by atoms with van der Waals surface area (Å²) in [5, 5.41) is 11.8. The molecule has 0 saturated carbocycles. The van der Waals surface area contributed by atoms with Crippen LogP contribution in [0.1, 0.15) is 32.3 Å². The standard InChI is InChI=1S/C15H22N2O3/c1-15(2,3)12(14(19)20)17-13(18)11(9-16)10-7-5-4-6-8-10/h4-8,11-12H,9,16H2,1-3H3,(H,17,18)(H,19,20). The quantitative estimate of drug-likeness (QED) is 0.758. The lowest BCUT2D eigenvalue weighted by Gasteiger charge is -2.29. The number of nitrogens with one attached hydrogen (secondary N) is 1.